The maximum absolute atomic E-state index is 11.7. The number of carbonyl (C=O) groups is 1. The van der Waals surface area contributed by atoms with Crippen LogP contribution >= 0.6 is 12.4 Å². The second-order valence-electron chi connectivity index (χ2n) is 6.88. The van der Waals surface area contributed by atoms with E-state index in [2.05, 4.69) is 4.90 Å². The molecular weight excluding hydrogens is 366 g/mol. The summed E-state index contributed by atoms with van der Waals surface area (Å²) in [7, 11) is -3.20. The summed E-state index contributed by atoms with van der Waals surface area (Å²) in [5, 5.41) is 9.58. The second kappa shape index (κ2) is 7.51. The van der Waals surface area contributed by atoms with E-state index in [9.17, 15) is 18.3 Å². The van der Waals surface area contributed by atoms with Crippen molar-refractivity contribution in [2.24, 2.45) is 11.3 Å². The molecule has 1 aliphatic heterocycles. The molecule has 0 radical (unpaired) electrons. The van der Waals surface area contributed by atoms with Crippen molar-refractivity contribution in [3.8, 4) is 5.75 Å². The third-order valence-electron chi connectivity index (χ3n) is 5.30. The molecule has 0 bridgehead atoms. The molecule has 8 heteroatoms. The van der Waals surface area contributed by atoms with Crippen molar-refractivity contribution >= 4 is 28.2 Å². The van der Waals surface area contributed by atoms with Gasteiger partial charge in [-0.3, -0.25) is 9.69 Å². The third kappa shape index (κ3) is 4.10. The predicted molar refractivity (Wildman–Crippen MR) is 96.1 cm³/mol. The summed E-state index contributed by atoms with van der Waals surface area (Å²) in [5.41, 5.74) is -0.558. The molecule has 0 aromatic heterocycles. The lowest BCUT2D eigenvalue weighted by Gasteiger charge is -2.23. The molecule has 1 heterocycles. The van der Waals surface area contributed by atoms with Crippen molar-refractivity contribution in [2.75, 3.05) is 32.5 Å². The molecule has 140 valence electrons. The van der Waals surface area contributed by atoms with E-state index in [-0.39, 0.29) is 23.2 Å². The molecule has 2 fully saturated rings. The zero-order valence-corrected chi connectivity index (χ0v) is 15.8. The van der Waals surface area contributed by atoms with Crippen LogP contribution in [0.1, 0.15) is 19.3 Å². The fourth-order valence-electron chi connectivity index (χ4n) is 3.99. The zero-order chi connectivity index (χ0) is 17.4. The van der Waals surface area contributed by atoms with Crippen LogP contribution in [0.2, 0.25) is 0 Å². The van der Waals surface area contributed by atoms with Crippen molar-refractivity contribution < 1.29 is 23.1 Å². The highest BCUT2D eigenvalue weighted by Crippen LogP contribution is 2.48. The largest absolute Gasteiger partial charge is 0.492 e. The molecule has 2 atom stereocenters. The molecule has 2 aliphatic rings. The lowest BCUT2D eigenvalue weighted by Crippen LogP contribution is -2.36. The molecule has 1 N–H and O–H groups in total. The Morgan fingerprint density at radius 3 is 2.60 bits per heavy atom. The van der Waals surface area contributed by atoms with Crippen LogP contribution in [-0.4, -0.2) is 56.9 Å². The third-order valence-corrected chi connectivity index (χ3v) is 6.42. The molecule has 0 unspecified atom stereocenters. The molecule has 1 aromatic carbocycles. The zero-order valence-electron chi connectivity index (χ0n) is 14.2. The van der Waals surface area contributed by atoms with E-state index in [0.717, 1.165) is 25.8 Å². The van der Waals surface area contributed by atoms with Gasteiger partial charge in [0.15, 0.2) is 9.84 Å². The number of carboxylic acids is 1. The fraction of sp³-hybridized carbons (Fsp3) is 0.588. The number of halogens is 1. The van der Waals surface area contributed by atoms with E-state index in [1.807, 2.05) is 0 Å². The maximum Gasteiger partial charge on any atom is 0.311 e. The molecule has 6 nitrogen and oxygen atoms in total. The van der Waals surface area contributed by atoms with Crippen LogP contribution in [0, 0.1) is 11.3 Å². The highest BCUT2D eigenvalue weighted by molar-refractivity contribution is 7.90. The van der Waals surface area contributed by atoms with Gasteiger partial charge < -0.3 is 9.84 Å². The van der Waals surface area contributed by atoms with Crippen LogP contribution in [0.3, 0.4) is 0 Å². The minimum absolute atomic E-state index is 0. The number of sulfone groups is 1. The first-order valence-electron chi connectivity index (χ1n) is 8.20. The molecule has 1 aliphatic carbocycles. The summed E-state index contributed by atoms with van der Waals surface area (Å²) >= 11 is 0. The van der Waals surface area contributed by atoms with Gasteiger partial charge in [-0.15, -0.1) is 12.4 Å². The molecule has 0 amide bonds. The number of benzene rings is 1. The van der Waals surface area contributed by atoms with E-state index in [1.165, 1.54) is 18.4 Å². The van der Waals surface area contributed by atoms with Gasteiger partial charge >= 0.3 is 5.97 Å². The number of nitrogens with zero attached hydrogens (tertiary/aromatic N) is 1. The van der Waals surface area contributed by atoms with Gasteiger partial charge in [0.1, 0.15) is 12.4 Å². The summed E-state index contributed by atoms with van der Waals surface area (Å²) in [6.07, 6.45) is 3.95. The highest BCUT2D eigenvalue weighted by Gasteiger charge is 2.54. The first-order chi connectivity index (χ1) is 11.3. The van der Waals surface area contributed by atoms with Crippen molar-refractivity contribution in [2.45, 2.75) is 24.2 Å². The van der Waals surface area contributed by atoms with Gasteiger partial charge in [-0.05, 0) is 43.0 Å². The number of hydrogen-bond acceptors (Lipinski definition) is 5. The molecule has 3 rings (SSSR count). The number of ether oxygens (including phenoxy) is 1. The average Bonchev–Trinajstić information content (AvgIpc) is 3.04. The standard InChI is InChI=1S/C17H23NO5S.ClH/c1-24(21,22)15-6-4-14(5-7-15)23-10-9-18-11-13-3-2-8-17(13,12-18)16(19)20;/h4-7,13H,2-3,8-12H2,1H3,(H,19,20);1H/t13-,17+;/m0./s1. The topological polar surface area (TPSA) is 83.9 Å². The van der Waals surface area contributed by atoms with Gasteiger partial charge in [-0.1, -0.05) is 6.42 Å². The summed E-state index contributed by atoms with van der Waals surface area (Å²) in [6.45, 7) is 2.56. The van der Waals surface area contributed by atoms with Crippen molar-refractivity contribution in [3.63, 3.8) is 0 Å². The molecule has 1 saturated carbocycles. The average molecular weight is 390 g/mol. The van der Waals surface area contributed by atoms with E-state index in [1.54, 1.807) is 12.1 Å². The highest BCUT2D eigenvalue weighted by atomic mass is 35.5. The summed E-state index contributed by atoms with van der Waals surface area (Å²) < 4.78 is 28.5. The SMILES string of the molecule is CS(=O)(=O)c1ccc(OCCN2C[C@@H]3CCC[C@@]3(C(=O)O)C2)cc1.Cl. The first kappa shape index (κ1) is 20.0. The van der Waals surface area contributed by atoms with Gasteiger partial charge in [0.25, 0.3) is 0 Å². The smallest absolute Gasteiger partial charge is 0.311 e. The number of hydrogen-bond donors (Lipinski definition) is 1. The van der Waals surface area contributed by atoms with Crippen molar-refractivity contribution in [1.29, 1.82) is 0 Å². The van der Waals surface area contributed by atoms with E-state index >= 15 is 0 Å². The summed E-state index contributed by atoms with van der Waals surface area (Å²) in [6, 6.07) is 6.36. The van der Waals surface area contributed by atoms with Crippen LogP contribution in [0.25, 0.3) is 0 Å². The Kier molecular flexibility index (Phi) is 6.01. The minimum atomic E-state index is -3.20. The van der Waals surface area contributed by atoms with Gasteiger partial charge in [0.05, 0.1) is 10.3 Å². The van der Waals surface area contributed by atoms with Crippen LogP contribution in [-0.2, 0) is 14.6 Å². The Labute approximate surface area is 154 Å². The predicted octanol–water partition coefficient (Wildman–Crippen LogP) is 2.08. The number of aliphatic carboxylic acids is 1. The van der Waals surface area contributed by atoms with Gasteiger partial charge in [0.2, 0.25) is 0 Å². The Morgan fingerprint density at radius 1 is 1.36 bits per heavy atom. The van der Waals surface area contributed by atoms with E-state index < -0.39 is 21.2 Å². The van der Waals surface area contributed by atoms with Crippen LogP contribution in [0.4, 0.5) is 0 Å². The maximum atomic E-state index is 11.7. The van der Waals surface area contributed by atoms with E-state index in [4.69, 9.17) is 4.74 Å². The summed E-state index contributed by atoms with van der Waals surface area (Å²) in [5.74, 6) is 0.212. The lowest BCUT2D eigenvalue weighted by molar-refractivity contribution is -0.149. The Bertz CT molecular complexity index is 721. The number of carboxylic acid groups (broad SMARTS) is 1. The van der Waals surface area contributed by atoms with Gasteiger partial charge in [-0.25, -0.2) is 8.42 Å². The number of rotatable bonds is 6. The first-order valence-corrected chi connectivity index (χ1v) is 10.1. The molecular formula is C17H24ClNO5S. The molecule has 1 saturated heterocycles. The molecule has 25 heavy (non-hydrogen) atoms. The van der Waals surface area contributed by atoms with Crippen LogP contribution < -0.4 is 4.74 Å². The van der Waals surface area contributed by atoms with Gasteiger partial charge in [0, 0.05) is 25.9 Å². The monoisotopic (exact) mass is 389 g/mol. The Balaban J connectivity index is 0.00000225. The Morgan fingerprint density at radius 2 is 2.04 bits per heavy atom. The number of likely N-dealkylation sites (tertiary alicyclic amines) is 1. The quantitative estimate of drug-likeness (QED) is 0.801. The second-order valence-corrected chi connectivity index (χ2v) is 8.89. The molecule has 0 spiro atoms. The summed E-state index contributed by atoms with van der Waals surface area (Å²) in [4.78, 5) is 14.1. The van der Waals surface area contributed by atoms with Gasteiger partial charge in [-0.2, -0.15) is 0 Å². The minimum Gasteiger partial charge on any atom is -0.492 e. The van der Waals surface area contributed by atoms with Crippen LogP contribution in [0.15, 0.2) is 29.2 Å². The lowest BCUT2D eigenvalue weighted by atomic mass is 9.81. The van der Waals surface area contributed by atoms with Crippen molar-refractivity contribution in [1.82, 2.24) is 4.90 Å². The van der Waals surface area contributed by atoms with E-state index in [0.29, 0.717) is 25.4 Å². The number of fused-ring (bicyclic) bond motifs is 1. The molecule has 1 aromatic rings. The fourth-order valence-corrected chi connectivity index (χ4v) is 4.62. The van der Waals surface area contributed by atoms with Crippen LogP contribution in [0.5, 0.6) is 5.75 Å². The Hall–Kier alpha value is -1.31. The normalized spacial score (nSPS) is 26.0. The van der Waals surface area contributed by atoms with Crippen molar-refractivity contribution in [3.05, 3.63) is 24.3 Å².